The van der Waals surface area contributed by atoms with E-state index in [1.165, 1.54) is 32.4 Å². The van der Waals surface area contributed by atoms with Crippen molar-refractivity contribution in [2.75, 3.05) is 18.5 Å². The van der Waals surface area contributed by atoms with Gasteiger partial charge in [0.25, 0.3) is 15.7 Å². The molecular formula is C17H18N2O6S. The van der Waals surface area contributed by atoms with E-state index in [1.54, 1.807) is 26.0 Å². The number of anilines is 1. The molecule has 8 nitrogen and oxygen atoms in total. The normalized spacial score (nSPS) is 11.1. The van der Waals surface area contributed by atoms with Crippen LogP contribution in [0.4, 0.5) is 11.4 Å². The van der Waals surface area contributed by atoms with Crippen molar-refractivity contribution in [1.82, 2.24) is 0 Å². The number of carbonyl (C=O) groups excluding carboxylic acids is 1. The monoisotopic (exact) mass is 378 g/mol. The minimum absolute atomic E-state index is 0.169. The van der Waals surface area contributed by atoms with Gasteiger partial charge in [-0.05, 0) is 37.1 Å². The maximum atomic E-state index is 13.0. The molecule has 0 aromatic heterocycles. The fourth-order valence-corrected chi connectivity index (χ4v) is 4.05. The SMILES string of the molecule is COC(=O)c1cccc(N(C)S(=O)(=O)c2cc([N+](=O)[O-])ccc2C)c1C. The van der Waals surface area contributed by atoms with E-state index in [0.717, 1.165) is 10.4 Å². The van der Waals surface area contributed by atoms with E-state index >= 15 is 0 Å². The zero-order valence-electron chi connectivity index (χ0n) is 14.7. The average molecular weight is 378 g/mol. The summed E-state index contributed by atoms with van der Waals surface area (Å²) < 4.78 is 31.7. The van der Waals surface area contributed by atoms with Crippen molar-refractivity contribution in [3.63, 3.8) is 0 Å². The number of benzene rings is 2. The van der Waals surface area contributed by atoms with Gasteiger partial charge in [-0.15, -0.1) is 0 Å². The highest BCUT2D eigenvalue weighted by atomic mass is 32.2. The molecule has 0 atom stereocenters. The predicted molar refractivity (Wildman–Crippen MR) is 95.9 cm³/mol. The molecule has 0 aliphatic rings. The van der Waals surface area contributed by atoms with Gasteiger partial charge in [-0.2, -0.15) is 0 Å². The number of carbonyl (C=O) groups is 1. The highest BCUT2D eigenvalue weighted by molar-refractivity contribution is 7.92. The summed E-state index contributed by atoms with van der Waals surface area (Å²) in [5.41, 5.74) is 1.00. The number of nitrogens with zero attached hydrogens (tertiary/aromatic N) is 2. The minimum Gasteiger partial charge on any atom is -0.465 e. The van der Waals surface area contributed by atoms with Gasteiger partial charge in [0.05, 0.1) is 28.2 Å². The number of ether oxygens (including phenoxy) is 1. The Balaban J connectivity index is 2.60. The molecule has 0 unspecified atom stereocenters. The molecule has 0 bridgehead atoms. The van der Waals surface area contributed by atoms with Crippen molar-refractivity contribution in [2.24, 2.45) is 0 Å². The average Bonchev–Trinajstić information content (AvgIpc) is 2.60. The van der Waals surface area contributed by atoms with Gasteiger partial charge in [-0.25, -0.2) is 13.2 Å². The molecule has 0 fully saturated rings. The van der Waals surface area contributed by atoms with Crippen LogP contribution in [0.2, 0.25) is 0 Å². The van der Waals surface area contributed by atoms with E-state index in [4.69, 9.17) is 4.74 Å². The summed E-state index contributed by atoms with van der Waals surface area (Å²) >= 11 is 0. The molecule has 0 amide bonds. The number of hydrogen-bond donors (Lipinski definition) is 0. The largest absolute Gasteiger partial charge is 0.465 e. The van der Waals surface area contributed by atoms with E-state index in [1.807, 2.05) is 0 Å². The van der Waals surface area contributed by atoms with Crippen molar-refractivity contribution in [1.29, 1.82) is 0 Å². The van der Waals surface area contributed by atoms with Crippen LogP contribution >= 0.6 is 0 Å². The second-order valence-corrected chi connectivity index (χ2v) is 7.56. The molecule has 0 saturated carbocycles. The zero-order valence-corrected chi connectivity index (χ0v) is 15.5. The lowest BCUT2D eigenvalue weighted by atomic mass is 10.1. The molecule has 0 aliphatic heterocycles. The van der Waals surface area contributed by atoms with Crippen molar-refractivity contribution in [2.45, 2.75) is 18.7 Å². The lowest BCUT2D eigenvalue weighted by molar-refractivity contribution is -0.385. The molecule has 0 aliphatic carbocycles. The van der Waals surface area contributed by atoms with Crippen molar-refractivity contribution in [3.05, 3.63) is 63.2 Å². The Labute approximate surface area is 151 Å². The summed E-state index contributed by atoms with van der Waals surface area (Å²) in [4.78, 5) is 22.0. The van der Waals surface area contributed by atoms with E-state index in [-0.39, 0.29) is 21.8 Å². The first-order valence-corrected chi connectivity index (χ1v) is 8.97. The second kappa shape index (κ2) is 7.12. The van der Waals surface area contributed by atoms with Crippen LogP contribution in [0.5, 0.6) is 0 Å². The van der Waals surface area contributed by atoms with Crippen LogP contribution in [0.15, 0.2) is 41.3 Å². The fourth-order valence-electron chi connectivity index (χ4n) is 2.55. The maximum absolute atomic E-state index is 13.0. The molecule has 2 aromatic rings. The van der Waals surface area contributed by atoms with Crippen LogP contribution in [-0.2, 0) is 14.8 Å². The standard InChI is InChI=1S/C17H18N2O6S/c1-11-8-9-13(19(21)22)10-16(11)26(23,24)18(3)15-7-5-6-14(12(15)2)17(20)25-4/h5-10H,1-4H3. The molecule has 0 N–H and O–H groups in total. The van der Waals surface area contributed by atoms with E-state index in [9.17, 15) is 23.3 Å². The van der Waals surface area contributed by atoms with Gasteiger partial charge >= 0.3 is 5.97 Å². The Hall–Kier alpha value is -2.94. The Morgan fingerprint density at radius 1 is 1.19 bits per heavy atom. The fraction of sp³-hybridized carbons (Fsp3) is 0.235. The summed E-state index contributed by atoms with van der Waals surface area (Å²) in [5.74, 6) is -0.582. The Morgan fingerprint density at radius 3 is 2.42 bits per heavy atom. The number of methoxy groups -OCH3 is 1. The maximum Gasteiger partial charge on any atom is 0.338 e. The zero-order chi connectivity index (χ0) is 19.6. The lowest BCUT2D eigenvalue weighted by Gasteiger charge is -2.23. The molecule has 9 heteroatoms. The topological polar surface area (TPSA) is 107 Å². The van der Waals surface area contributed by atoms with Gasteiger partial charge < -0.3 is 4.74 Å². The number of aryl methyl sites for hydroxylation is 1. The quantitative estimate of drug-likeness (QED) is 0.450. The summed E-state index contributed by atoms with van der Waals surface area (Å²) in [7, 11) is -1.51. The van der Waals surface area contributed by atoms with Gasteiger partial charge in [-0.1, -0.05) is 12.1 Å². The summed E-state index contributed by atoms with van der Waals surface area (Å²) in [6.07, 6.45) is 0. The third-order valence-electron chi connectivity index (χ3n) is 4.07. The predicted octanol–water partition coefficient (Wildman–Crippen LogP) is 2.82. The van der Waals surface area contributed by atoms with E-state index in [2.05, 4.69) is 0 Å². The van der Waals surface area contributed by atoms with Crippen LogP contribution in [0.3, 0.4) is 0 Å². The molecule has 2 rings (SSSR count). The Morgan fingerprint density at radius 2 is 1.85 bits per heavy atom. The van der Waals surface area contributed by atoms with E-state index in [0.29, 0.717) is 11.1 Å². The number of nitro groups is 1. The third kappa shape index (κ3) is 3.38. The van der Waals surface area contributed by atoms with Crippen LogP contribution in [0.1, 0.15) is 21.5 Å². The number of non-ortho nitro benzene ring substituents is 1. The molecule has 138 valence electrons. The number of sulfonamides is 1. The first-order chi connectivity index (χ1) is 12.1. The smallest absolute Gasteiger partial charge is 0.338 e. The molecule has 0 saturated heterocycles. The van der Waals surface area contributed by atoms with Gasteiger partial charge in [-0.3, -0.25) is 14.4 Å². The Kier molecular flexibility index (Phi) is 5.31. The van der Waals surface area contributed by atoms with Crippen molar-refractivity contribution < 1.29 is 22.9 Å². The molecule has 0 heterocycles. The van der Waals surface area contributed by atoms with Crippen molar-refractivity contribution >= 4 is 27.4 Å². The van der Waals surface area contributed by atoms with Gasteiger partial charge in [0.15, 0.2) is 0 Å². The van der Waals surface area contributed by atoms with Gasteiger partial charge in [0.1, 0.15) is 0 Å². The van der Waals surface area contributed by atoms with Crippen LogP contribution in [-0.4, -0.2) is 33.5 Å². The summed E-state index contributed by atoms with van der Waals surface area (Å²) in [6.45, 7) is 3.16. The molecule has 2 aromatic carbocycles. The van der Waals surface area contributed by atoms with Crippen LogP contribution in [0, 0.1) is 24.0 Å². The van der Waals surface area contributed by atoms with Crippen LogP contribution in [0.25, 0.3) is 0 Å². The summed E-state index contributed by atoms with van der Waals surface area (Å²) in [5, 5.41) is 11.0. The Bertz CT molecular complexity index is 985. The number of hydrogen-bond acceptors (Lipinski definition) is 6. The van der Waals surface area contributed by atoms with Crippen LogP contribution < -0.4 is 4.31 Å². The first-order valence-electron chi connectivity index (χ1n) is 7.53. The molecule has 0 radical (unpaired) electrons. The number of rotatable bonds is 5. The van der Waals surface area contributed by atoms with Gasteiger partial charge in [0.2, 0.25) is 0 Å². The molecule has 26 heavy (non-hydrogen) atoms. The molecule has 0 spiro atoms. The third-order valence-corrected chi connectivity index (χ3v) is 5.98. The highest BCUT2D eigenvalue weighted by Crippen LogP contribution is 2.30. The molecular weight excluding hydrogens is 360 g/mol. The number of nitro benzene ring substituents is 1. The summed E-state index contributed by atoms with van der Waals surface area (Å²) in [6, 6.07) is 8.28. The highest BCUT2D eigenvalue weighted by Gasteiger charge is 2.27. The van der Waals surface area contributed by atoms with Gasteiger partial charge in [0, 0.05) is 19.2 Å². The first kappa shape index (κ1) is 19.4. The van der Waals surface area contributed by atoms with E-state index < -0.39 is 20.9 Å². The number of esters is 1. The minimum atomic E-state index is -4.07. The second-order valence-electron chi connectivity index (χ2n) is 5.62. The van der Waals surface area contributed by atoms with Crippen molar-refractivity contribution in [3.8, 4) is 0 Å². The lowest BCUT2D eigenvalue weighted by Crippen LogP contribution is -2.28.